The molecule has 0 amide bonds. The summed E-state index contributed by atoms with van der Waals surface area (Å²) in [5.74, 6) is 0.529. The van der Waals surface area contributed by atoms with Crippen LogP contribution in [-0.4, -0.2) is 14.5 Å². The van der Waals surface area contributed by atoms with Gasteiger partial charge in [-0.3, -0.25) is 4.98 Å². The first-order chi connectivity index (χ1) is 12.7. The van der Waals surface area contributed by atoms with E-state index >= 15 is 0 Å². The molecule has 0 bridgehead atoms. The van der Waals surface area contributed by atoms with Gasteiger partial charge in [0.25, 0.3) is 0 Å². The molecule has 5 heteroatoms. The molecule has 0 saturated heterocycles. The first kappa shape index (κ1) is 16.8. The van der Waals surface area contributed by atoms with Crippen LogP contribution in [0, 0.1) is 12.7 Å². The van der Waals surface area contributed by atoms with Gasteiger partial charge in [0.15, 0.2) is 5.16 Å². The number of rotatable bonds is 5. The van der Waals surface area contributed by atoms with Gasteiger partial charge in [-0.15, -0.1) is 0 Å². The molecule has 4 aromatic rings. The van der Waals surface area contributed by atoms with Crippen molar-refractivity contribution in [3.8, 4) is 0 Å². The van der Waals surface area contributed by atoms with Crippen LogP contribution in [0.15, 0.2) is 72.1 Å². The van der Waals surface area contributed by atoms with E-state index in [1.807, 2.05) is 24.4 Å². The molecule has 2 heterocycles. The molecule has 0 aliphatic carbocycles. The second kappa shape index (κ2) is 7.30. The highest BCUT2D eigenvalue weighted by Gasteiger charge is 2.12. The third-order valence-electron chi connectivity index (χ3n) is 4.26. The molecule has 130 valence electrons. The Bertz CT molecular complexity index is 1020. The smallest absolute Gasteiger partial charge is 0.169 e. The van der Waals surface area contributed by atoms with Gasteiger partial charge in [-0.1, -0.05) is 53.7 Å². The fourth-order valence-corrected chi connectivity index (χ4v) is 3.79. The van der Waals surface area contributed by atoms with Crippen molar-refractivity contribution >= 4 is 22.8 Å². The van der Waals surface area contributed by atoms with Crippen molar-refractivity contribution < 1.29 is 4.39 Å². The third-order valence-corrected chi connectivity index (χ3v) is 5.31. The van der Waals surface area contributed by atoms with E-state index in [1.54, 1.807) is 18.0 Å². The number of aromatic nitrogens is 3. The molecule has 0 fully saturated rings. The molecule has 0 aliphatic heterocycles. The molecule has 2 aromatic carbocycles. The molecule has 26 heavy (non-hydrogen) atoms. The maximum absolute atomic E-state index is 13.1. The lowest BCUT2D eigenvalue weighted by Crippen LogP contribution is -2.02. The lowest BCUT2D eigenvalue weighted by atomic mass is 10.1. The van der Waals surface area contributed by atoms with Crippen LogP contribution < -0.4 is 0 Å². The van der Waals surface area contributed by atoms with E-state index in [4.69, 9.17) is 4.98 Å². The number of hydrogen-bond acceptors (Lipinski definition) is 3. The molecular weight excluding hydrogens is 345 g/mol. The van der Waals surface area contributed by atoms with Crippen LogP contribution in [0.4, 0.5) is 4.39 Å². The average Bonchev–Trinajstić information content (AvgIpc) is 3.01. The van der Waals surface area contributed by atoms with Gasteiger partial charge in [-0.05, 0) is 36.2 Å². The minimum Gasteiger partial charge on any atom is -0.313 e. The Morgan fingerprint density at radius 2 is 1.69 bits per heavy atom. The first-order valence-electron chi connectivity index (χ1n) is 8.42. The van der Waals surface area contributed by atoms with E-state index < -0.39 is 0 Å². The van der Waals surface area contributed by atoms with Crippen LogP contribution in [0.25, 0.3) is 11.0 Å². The molecule has 3 nitrogen and oxygen atoms in total. The van der Waals surface area contributed by atoms with E-state index in [0.717, 1.165) is 34.1 Å². The van der Waals surface area contributed by atoms with Crippen molar-refractivity contribution in [3.05, 3.63) is 89.5 Å². The largest absolute Gasteiger partial charge is 0.313 e. The summed E-state index contributed by atoms with van der Waals surface area (Å²) in [4.78, 5) is 9.03. The summed E-state index contributed by atoms with van der Waals surface area (Å²) in [5, 5.41) is 0.943. The summed E-state index contributed by atoms with van der Waals surface area (Å²) in [5.41, 5.74) is 5.51. The Balaban J connectivity index is 1.64. The predicted molar refractivity (Wildman–Crippen MR) is 104 cm³/mol. The van der Waals surface area contributed by atoms with Crippen molar-refractivity contribution in [3.63, 3.8) is 0 Å². The lowest BCUT2D eigenvalue weighted by molar-refractivity contribution is 0.627. The Labute approximate surface area is 155 Å². The van der Waals surface area contributed by atoms with Crippen LogP contribution in [0.5, 0.6) is 0 Å². The number of thioether (sulfide) groups is 1. The van der Waals surface area contributed by atoms with Gasteiger partial charge in [0.1, 0.15) is 5.82 Å². The molecule has 0 unspecified atom stereocenters. The monoisotopic (exact) mass is 363 g/mol. The van der Waals surface area contributed by atoms with Gasteiger partial charge in [0.2, 0.25) is 0 Å². The van der Waals surface area contributed by atoms with Gasteiger partial charge < -0.3 is 4.57 Å². The van der Waals surface area contributed by atoms with Crippen molar-refractivity contribution in [2.24, 2.45) is 0 Å². The highest BCUT2D eigenvalue weighted by atomic mass is 32.2. The topological polar surface area (TPSA) is 30.7 Å². The molecule has 0 N–H and O–H groups in total. The number of imidazole rings is 1. The Morgan fingerprint density at radius 1 is 0.962 bits per heavy atom. The first-order valence-corrected chi connectivity index (χ1v) is 9.40. The maximum atomic E-state index is 13.1. The van der Waals surface area contributed by atoms with E-state index in [0.29, 0.717) is 0 Å². The molecular formula is C21H18FN3S. The van der Waals surface area contributed by atoms with Crippen LogP contribution in [0.1, 0.15) is 16.7 Å². The minimum absolute atomic E-state index is 0.212. The second-order valence-corrected chi connectivity index (χ2v) is 7.19. The van der Waals surface area contributed by atoms with Crippen LogP contribution in [0.3, 0.4) is 0 Å². The zero-order valence-electron chi connectivity index (χ0n) is 14.4. The summed E-state index contributed by atoms with van der Waals surface area (Å²) < 4.78 is 15.3. The van der Waals surface area contributed by atoms with Crippen molar-refractivity contribution in [2.75, 3.05) is 0 Å². The second-order valence-electron chi connectivity index (χ2n) is 6.25. The fraction of sp³-hybridized carbons (Fsp3) is 0.143. The SMILES string of the molecule is Cc1ccc(Cn2c(SCc3ccc(F)cc3)nc3ccncc32)cc1. The maximum Gasteiger partial charge on any atom is 0.169 e. The summed E-state index contributed by atoms with van der Waals surface area (Å²) in [6, 6.07) is 17.1. The zero-order valence-corrected chi connectivity index (χ0v) is 15.2. The van der Waals surface area contributed by atoms with Gasteiger partial charge >= 0.3 is 0 Å². The fourth-order valence-electron chi connectivity index (χ4n) is 2.82. The van der Waals surface area contributed by atoms with E-state index in [-0.39, 0.29) is 5.82 Å². The molecule has 0 saturated carbocycles. The molecule has 0 atom stereocenters. The predicted octanol–water partition coefficient (Wildman–Crippen LogP) is 5.22. The van der Waals surface area contributed by atoms with Gasteiger partial charge in [0.05, 0.1) is 23.8 Å². The van der Waals surface area contributed by atoms with Gasteiger partial charge in [-0.25, -0.2) is 9.37 Å². The quantitative estimate of drug-likeness (QED) is 0.456. The molecule has 0 spiro atoms. The standard InChI is InChI=1S/C21H18FN3S/c1-15-2-4-16(5-3-15)13-25-20-12-23-11-10-19(20)24-21(25)26-14-17-6-8-18(22)9-7-17/h2-12H,13-14H2,1H3. The summed E-state index contributed by atoms with van der Waals surface area (Å²) in [6.07, 6.45) is 3.62. The highest BCUT2D eigenvalue weighted by molar-refractivity contribution is 7.98. The number of benzene rings is 2. The zero-order chi connectivity index (χ0) is 17.9. The van der Waals surface area contributed by atoms with Crippen LogP contribution in [0.2, 0.25) is 0 Å². The molecule has 0 radical (unpaired) electrons. The number of halogens is 1. The number of fused-ring (bicyclic) bond motifs is 1. The van der Waals surface area contributed by atoms with E-state index in [2.05, 4.69) is 40.7 Å². The van der Waals surface area contributed by atoms with E-state index in [1.165, 1.54) is 23.3 Å². The number of pyridine rings is 1. The highest BCUT2D eigenvalue weighted by Crippen LogP contribution is 2.27. The Hall–Kier alpha value is -2.66. The van der Waals surface area contributed by atoms with Gasteiger partial charge in [0, 0.05) is 11.9 Å². The Kier molecular flexibility index (Phi) is 4.71. The van der Waals surface area contributed by atoms with Crippen molar-refractivity contribution in [1.29, 1.82) is 0 Å². The number of aryl methyl sites for hydroxylation is 1. The van der Waals surface area contributed by atoms with E-state index in [9.17, 15) is 4.39 Å². The average molecular weight is 363 g/mol. The number of nitrogens with zero attached hydrogens (tertiary/aromatic N) is 3. The van der Waals surface area contributed by atoms with Crippen LogP contribution in [-0.2, 0) is 12.3 Å². The number of hydrogen-bond donors (Lipinski definition) is 0. The summed E-state index contributed by atoms with van der Waals surface area (Å²) in [7, 11) is 0. The van der Waals surface area contributed by atoms with Crippen LogP contribution >= 0.6 is 11.8 Å². The van der Waals surface area contributed by atoms with Crippen molar-refractivity contribution in [1.82, 2.24) is 14.5 Å². The minimum atomic E-state index is -0.212. The summed E-state index contributed by atoms with van der Waals surface area (Å²) in [6.45, 7) is 2.83. The van der Waals surface area contributed by atoms with Gasteiger partial charge in [-0.2, -0.15) is 0 Å². The lowest BCUT2D eigenvalue weighted by Gasteiger charge is -2.09. The molecule has 4 rings (SSSR count). The normalized spacial score (nSPS) is 11.2. The Morgan fingerprint density at radius 3 is 2.46 bits per heavy atom. The molecule has 0 aliphatic rings. The summed E-state index contributed by atoms with van der Waals surface area (Å²) >= 11 is 1.66. The van der Waals surface area contributed by atoms with Crippen molar-refractivity contribution in [2.45, 2.75) is 24.4 Å². The molecule has 2 aromatic heterocycles. The third kappa shape index (κ3) is 3.63.